The Hall–Kier alpha value is -7.41. The van der Waals surface area contributed by atoms with E-state index in [-0.39, 0.29) is 0 Å². The minimum atomic E-state index is 0.602. The molecular formula is C51H30N4OS. The van der Waals surface area contributed by atoms with Crippen LogP contribution in [0.15, 0.2) is 186 Å². The van der Waals surface area contributed by atoms with E-state index in [9.17, 15) is 0 Å². The highest BCUT2D eigenvalue weighted by molar-refractivity contribution is 7.25. The molecule has 0 unspecified atom stereocenters. The van der Waals surface area contributed by atoms with Crippen LogP contribution in [-0.4, -0.2) is 19.5 Å². The molecule has 266 valence electrons. The average Bonchev–Trinajstić information content (AvgIpc) is 3.96. The first-order valence-electron chi connectivity index (χ1n) is 19.0. The van der Waals surface area contributed by atoms with E-state index in [4.69, 9.17) is 19.4 Å². The van der Waals surface area contributed by atoms with E-state index in [1.54, 1.807) is 0 Å². The van der Waals surface area contributed by atoms with Crippen LogP contribution in [0.2, 0.25) is 0 Å². The summed E-state index contributed by atoms with van der Waals surface area (Å²) in [4.78, 5) is 15.1. The van der Waals surface area contributed by atoms with E-state index in [1.165, 1.54) is 47.7 Å². The maximum atomic E-state index is 6.82. The molecular weight excluding hydrogens is 717 g/mol. The van der Waals surface area contributed by atoms with Gasteiger partial charge in [0.15, 0.2) is 17.5 Å². The number of hydrogen-bond donors (Lipinski definition) is 0. The van der Waals surface area contributed by atoms with Crippen molar-refractivity contribution in [2.45, 2.75) is 0 Å². The monoisotopic (exact) mass is 746 g/mol. The van der Waals surface area contributed by atoms with Gasteiger partial charge in [0.25, 0.3) is 0 Å². The van der Waals surface area contributed by atoms with Crippen molar-refractivity contribution < 1.29 is 4.42 Å². The fraction of sp³-hybridized carbons (Fsp3) is 0. The van der Waals surface area contributed by atoms with Gasteiger partial charge in [0.1, 0.15) is 11.2 Å². The average molecular weight is 747 g/mol. The van der Waals surface area contributed by atoms with Crippen LogP contribution in [0, 0.1) is 0 Å². The van der Waals surface area contributed by atoms with E-state index in [2.05, 4.69) is 114 Å². The number of fused-ring (bicyclic) bond motifs is 9. The van der Waals surface area contributed by atoms with E-state index in [0.29, 0.717) is 17.5 Å². The lowest BCUT2D eigenvalue weighted by molar-refractivity contribution is 0.670. The number of nitrogens with zero attached hydrogens (tertiary/aromatic N) is 4. The molecule has 12 rings (SSSR count). The van der Waals surface area contributed by atoms with Gasteiger partial charge in [0.05, 0.1) is 16.7 Å². The van der Waals surface area contributed by atoms with Crippen LogP contribution in [0.4, 0.5) is 0 Å². The fourth-order valence-electron chi connectivity index (χ4n) is 8.53. The van der Waals surface area contributed by atoms with Gasteiger partial charge in [0.2, 0.25) is 0 Å². The number of aromatic nitrogens is 4. The van der Waals surface area contributed by atoms with Crippen molar-refractivity contribution >= 4 is 75.3 Å². The third-order valence-corrected chi connectivity index (χ3v) is 12.2. The van der Waals surface area contributed by atoms with Gasteiger partial charge in [-0.1, -0.05) is 140 Å². The maximum Gasteiger partial charge on any atom is 0.164 e. The van der Waals surface area contributed by atoms with E-state index in [0.717, 1.165) is 49.8 Å². The van der Waals surface area contributed by atoms with Gasteiger partial charge < -0.3 is 8.98 Å². The first kappa shape index (κ1) is 31.9. The number of hydrogen-bond acceptors (Lipinski definition) is 5. The van der Waals surface area contributed by atoms with Crippen molar-refractivity contribution in [3.8, 4) is 51.0 Å². The van der Waals surface area contributed by atoms with Gasteiger partial charge in [-0.25, -0.2) is 15.0 Å². The first-order valence-corrected chi connectivity index (χ1v) is 19.8. The largest absolute Gasteiger partial charge is 0.455 e. The summed E-state index contributed by atoms with van der Waals surface area (Å²) in [5, 5.41) is 6.99. The van der Waals surface area contributed by atoms with E-state index < -0.39 is 0 Å². The number of thiophene rings is 1. The lowest BCUT2D eigenvalue weighted by Gasteiger charge is -2.11. The smallest absolute Gasteiger partial charge is 0.164 e. The van der Waals surface area contributed by atoms with Gasteiger partial charge in [-0.15, -0.1) is 11.3 Å². The van der Waals surface area contributed by atoms with Crippen LogP contribution in [0.1, 0.15) is 0 Å². The van der Waals surface area contributed by atoms with Crippen LogP contribution in [0.5, 0.6) is 0 Å². The van der Waals surface area contributed by atoms with Crippen molar-refractivity contribution in [3.05, 3.63) is 182 Å². The molecule has 0 bridgehead atoms. The quantitative estimate of drug-likeness (QED) is 0.176. The van der Waals surface area contributed by atoms with Gasteiger partial charge in [0, 0.05) is 64.0 Å². The Morgan fingerprint density at radius 2 is 1.00 bits per heavy atom. The zero-order chi connectivity index (χ0) is 37.5. The summed E-state index contributed by atoms with van der Waals surface area (Å²) >= 11 is 1.84. The van der Waals surface area contributed by atoms with Gasteiger partial charge in [-0.2, -0.15) is 0 Å². The normalized spacial score (nSPS) is 11.9. The number of rotatable bonds is 5. The summed E-state index contributed by atoms with van der Waals surface area (Å²) in [5.41, 5.74) is 10.1. The third kappa shape index (κ3) is 4.98. The Kier molecular flexibility index (Phi) is 7.03. The second-order valence-corrected chi connectivity index (χ2v) is 15.4. The predicted molar refractivity (Wildman–Crippen MR) is 236 cm³/mol. The van der Waals surface area contributed by atoms with Gasteiger partial charge >= 0.3 is 0 Å². The summed E-state index contributed by atoms with van der Waals surface area (Å²) in [7, 11) is 0. The lowest BCUT2D eigenvalue weighted by Crippen LogP contribution is -2.00. The second kappa shape index (κ2) is 12.6. The number of furan rings is 1. The molecule has 8 aromatic carbocycles. The van der Waals surface area contributed by atoms with Gasteiger partial charge in [-0.05, 0) is 48.0 Å². The molecule has 0 aliphatic carbocycles. The molecule has 0 aliphatic rings. The topological polar surface area (TPSA) is 56.7 Å². The third-order valence-electron chi connectivity index (χ3n) is 11.1. The van der Waals surface area contributed by atoms with Crippen molar-refractivity contribution in [2.24, 2.45) is 0 Å². The number of benzene rings is 8. The highest BCUT2D eigenvalue weighted by Gasteiger charge is 2.21. The lowest BCUT2D eigenvalue weighted by atomic mass is 9.98. The summed E-state index contributed by atoms with van der Waals surface area (Å²) in [6.45, 7) is 0. The molecule has 0 radical (unpaired) electrons. The molecule has 5 nitrogen and oxygen atoms in total. The van der Waals surface area contributed by atoms with Crippen molar-refractivity contribution in [1.29, 1.82) is 0 Å². The van der Waals surface area contributed by atoms with Crippen LogP contribution in [0.3, 0.4) is 0 Å². The molecule has 57 heavy (non-hydrogen) atoms. The molecule has 0 saturated carbocycles. The Balaban J connectivity index is 1.06. The van der Waals surface area contributed by atoms with Crippen LogP contribution >= 0.6 is 11.3 Å². The molecule has 0 N–H and O–H groups in total. The van der Waals surface area contributed by atoms with Crippen LogP contribution < -0.4 is 0 Å². The molecule has 4 heterocycles. The Morgan fingerprint density at radius 3 is 1.72 bits per heavy atom. The predicted octanol–water partition coefficient (Wildman–Crippen LogP) is 13.9. The summed E-state index contributed by atoms with van der Waals surface area (Å²) in [6, 6.07) is 63.7. The maximum absolute atomic E-state index is 6.82. The van der Waals surface area contributed by atoms with Crippen molar-refractivity contribution in [3.63, 3.8) is 0 Å². The van der Waals surface area contributed by atoms with Crippen molar-refractivity contribution in [2.75, 3.05) is 0 Å². The molecule has 0 fully saturated rings. The minimum absolute atomic E-state index is 0.602. The molecule has 0 spiro atoms. The fourth-order valence-corrected chi connectivity index (χ4v) is 9.64. The summed E-state index contributed by atoms with van der Waals surface area (Å²) < 4.78 is 11.8. The minimum Gasteiger partial charge on any atom is -0.455 e. The van der Waals surface area contributed by atoms with E-state index in [1.807, 2.05) is 84.1 Å². The zero-order valence-corrected chi connectivity index (χ0v) is 31.2. The molecule has 0 saturated heterocycles. The zero-order valence-electron chi connectivity index (χ0n) is 30.4. The highest BCUT2D eigenvalue weighted by Crippen LogP contribution is 2.44. The molecule has 6 heteroatoms. The Labute approximate surface area is 330 Å². The molecule has 12 aromatic rings. The molecule has 0 aliphatic heterocycles. The first-order chi connectivity index (χ1) is 28.3. The second-order valence-electron chi connectivity index (χ2n) is 14.3. The Bertz CT molecular complexity index is 3420. The van der Waals surface area contributed by atoms with Crippen LogP contribution in [-0.2, 0) is 0 Å². The van der Waals surface area contributed by atoms with Crippen LogP contribution in [0.25, 0.3) is 115 Å². The number of para-hydroxylation sites is 3. The molecule has 0 atom stereocenters. The SMILES string of the molecule is c1ccc(-c2nc(-c3ccccc3)nc(-c3cccc4oc5c(-c6ccc7sc8cccc(-n9c%10ccccc%10c%10ccccc%109)c8c7c6)cccc5c34)n2)cc1. The van der Waals surface area contributed by atoms with E-state index >= 15 is 0 Å². The summed E-state index contributed by atoms with van der Waals surface area (Å²) in [6.07, 6.45) is 0. The molecule has 4 aromatic heterocycles. The van der Waals surface area contributed by atoms with Gasteiger partial charge in [-0.3, -0.25) is 0 Å². The summed E-state index contributed by atoms with van der Waals surface area (Å²) in [5.74, 6) is 1.85. The Morgan fingerprint density at radius 1 is 0.404 bits per heavy atom. The van der Waals surface area contributed by atoms with Crippen molar-refractivity contribution in [1.82, 2.24) is 19.5 Å². The highest BCUT2D eigenvalue weighted by atomic mass is 32.1. The standard InChI is InChI=1S/C51H30N4OS/c1-3-14-31(15-4-1)49-52-50(32-16-5-2-6-17-32)54-51(53-49)38-22-12-26-43-46(38)37-21-11-20-34(48(37)56-43)33-28-29-44-39(30-33)47-42(25-13-27-45(47)57-44)55-40-23-9-7-18-35(40)36-19-8-10-24-41(36)55/h1-30H. The molecule has 0 amide bonds.